The number of ether oxygens (including phenoxy) is 2. The molecule has 0 aromatic heterocycles. The van der Waals surface area contributed by atoms with E-state index in [-0.39, 0.29) is 23.5 Å². The number of carboxylic acid groups (broad SMARTS) is 1. The van der Waals surface area contributed by atoms with Crippen LogP contribution in [-0.4, -0.2) is 56.1 Å². The highest BCUT2D eigenvalue weighted by atomic mass is 16.5. The van der Waals surface area contributed by atoms with Crippen LogP contribution in [0.15, 0.2) is 60.7 Å². The van der Waals surface area contributed by atoms with E-state index in [1.165, 1.54) is 0 Å². The lowest BCUT2D eigenvalue weighted by atomic mass is 9.65. The summed E-state index contributed by atoms with van der Waals surface area (Å²) in [5.74, 6) is 0.560. The third-order valence-corrected chi connectivity index (χ3v) is 6.48. The van der Waals surface area contributed by atoms with Crippen LogP contribution >= 0.6 is 0 Å². The summed E-state index contributed by atoms with van der Waals surface area (Å²) in [6.45, 7) is 5.78. The summed E-state index contributed by atoms with van der Waals surface area (Å²) >= 11 is 0. The molecule has 0 spiro atoms. The summed E-state index contributed by atoms with van der Waals surface area (Å²) in [7, 11) is 5.36. The Labute approximate surface area is 203 Å². The zero-order valence-electron chi connectivity index (χ0n) is 20.9. The normalized spacial score (nSPS) is 12.6. The molecule has 2 aromatic rings. The van der Waals surface area contributed by atoms with Gasteiger partial charge in [0.1, 0.15) is 11.5 Å². The molecule has 1 N–H and O–H groups in total. The summed E-state index contributed by atoms with van der Waals surface area (Å²) in [6.07, 6.45) is 4.31. The van der Waals surface area contributed by atoms with E-state index in [4.69, 9.17) is 14.6 Å². The number of hydrogen-bond acceptors (Lipinski definition) is 5. The van der Waals surface area contributed by atoms with Crippen LogP contribution in [-0.2, 0) is 15.0 Å². The Morgan fingerprint density at radius 2 is 1.59 bits per heavy atom. The molecule has 34 heavy (non-hydrogen) atoms. The number of allylic oxidation sites excluding steroid dienone is 1. The van der Waals surface area contributed by atoms with Crippen molar-refractivity contribution in [1.82, 2.24) is 4.90 Å². The largest absolute Gasteiger partial charge is 0.497 e. The molecule has 0 radical (unpaired) electrons. The van der Waals surface area contributed by atoms with E-state index in [1.807, 2.05) is 31.3 Å². The second kappa shape index (κ2) is 12.9. The average Bonchev–Trinajstić information content (AvgIpc) is 2.85. The quantitative estimate of drug-likeness (QED) is 0.396. The summed E-state index contributed by atoms with van der Waals surface area (Å²) in [5, 5.41) is 8.73. The van der Waals surface area contributed by atoms with Crippen molar-refractivity contribution in [1.29, 1.82) is 0 Å². The number of hydrogen-bond donors (Lipinski definition) is 1. The molecule has 0 aliphatic rings. The zero-order chi connectivity index (χ0) is 25.1. The van der Waals surface area contributed by atoms with Gasteiger partial charge >= 0.3 is 5.97 Å². The fourth-order valence-electron chi connectivity index (χ4n) is 4.46. The Morgan fingerprint density at radius 1 is 1.03 bits per heavy atom. The van der Waals surface area contributed by atoms with Crippen LogP contribution in [0.25, 0.3) is 0 Å². The summed E-state index contributed by atoms with van der Waals surface area (Å²) in [6, 6.07) is 16.4. The predicted molar refractivity (Wildman–Crippen MR) is 135 cm³/mol. The van der Waals surface area contributed by atoms with Gasteiger partial charge in [-0.05, 0) is 60.9 Å². The van der Waals surface area contributed by atoms with Gasteiger partial charge in [0.05, 0.1) is 14.2 Å². The zero-order valence-corrected chi connectivity index (χ0v) is 20.9. The molecule has 0 saturated heterocycles. The van der Waals surface area contributed by atoms with Crippen LogP contribution in [0.1, 0.15) is 44.2 Å². The maximum atomic E-state index is 12.0. The van der Waals surface area contributed by atoms with E-state index < -0.39 is 5.97 Å². The number of methoxy groups -OCH3 is 2. The first-order valence-electron chi connectivity index (χ1n) is 11.7. The van der Waals surface area contributed by atoms with Crippen molar-refractivity contribution in [2.24, 2.45) is 5.92 Å². The van der Waals surface area contributed by atoms with Crippen LogP contribution in [0.3, 0.4) is 0 Å². The number of rotatable bonds is 14. The van der Waals surface area contributed by atoms with Crippen LogP contribution in [0.4, 0.5) is 0 Å². The third-order valence-electron chi connectivity index (χ3n) is 6.48. The number of carbonyl (C=O) groups excluding carboxylic acids is 1. The fraction of sp³-hybridized carbons (Fsp3) is 0.429. The lowest BCUT2D eigenvalue weighted by Crippen LogP contribution is -2.41. The van der Waals surface area contributed by atoms with Crippen LogP contribution in [0.2, 0.25) is 0 Å². The lowest BCUT2D eigenvalue weighted by molar-refractivity contribution is -0.131. The monoisotopic (exact) mass is 467 g/mol. The van der Waals surface area contributed by atoms with Crippen molar-refractivity contribution in [3.8, 4) is 11.5 Å². The average molecular weight is 468 g/mol. The molecular weight excluding hydrogens is 430 g/mol. The molecular formula is C28H37NO5. The molecule has 184 valence electrons. The minimum atomic E-state index is -1.11. The maximum Gasteiger partial charge on any atom is 0.328 e. The maximum absolute atomic E-state index is 12.0. The highest BCUT2D eigenvalue weighted by molar-refractivity contribution is 5.95. The van der Waals surface area contributed by atoms with E-state index >= 15 is 0 Å². The molecule has 1 unspecified atom stereocenters. The van der Waals surface area contributed by atoms with Gasteiger partial charge in [-0.25, -0.2) is 4.79 Å². The number of nitrogens with zero attached hydrogens (tertiary/aromatic N) is 1. The minimum absolute atomic E-state index is 0.190. The molecule has 6 nitrogen and oxygen atoms in total. The molecule has 0 aliphatic heterocycles. The van der Waals surface area contributed by atoms with E-state index in [9.17, 15) is 9.59 Å². The van der Waals surface area contributed by atoms with Gasteiger partial charge in [0, 0.05) is 31.0 Å². The lowest BCUT2D eigenvalue weighted by Gasteiger charge is -2.41. The summed E-state index contributed by atoms with van der Waals surface area (Å²) < 4.78 is 11.1. The van der Waals surface area contributed by atoms with Crippen molar-refractivity contribution in [3.05, 3.63) is 71.8 Å². The molecule has 6 heteroatoms. The van der Waals surface area contributed by atoms with E-state index in [0.29, 0.717) is 6.54 Å². The van der Waals surface area contributed by atoms with Crippen LogP contribution < -0.4 is 9.47 Å². The molecule has 1 atom stereocenters. The number of carboxylic acids is 1. The highest BCUT2D eigenvalue weighted by Crippen LogP contribution is 2.43. The van der Waals surface area contributed by atoms with Crippen molar-refractivity contribution in [3.63, 3.8) is 0 Å². The minimum Gasteiger partial charge on any atom is -0.497 e. The van der Waals surface area contributed by atoms with Gasteiger partial charge < -0.3 is 19.5 Å². The second-order valence-electron chi connectivity index (χ2n) is 8.80. The van der Waals surface area contributed by atoms with Crippen LogP contribution in [0, 0.1) is 5.92 Å². The Kier molecular flexibility index (Phi) is 10.3. The van der Waals surface area contributed by atoms with Crippen molar-refractivity contribution in [2.75, 3.05) is 34.4 Å². The van der Waals surface area contributed by atoms with E-state index in [0.717, 1.165) is 54.2 Å². The Bertz CT molecular complexity index is 937. The molecule has 0 amide bonds. The third kappa shape index (κ3) is 7.19. The van der Waals surface area contributed by atoms with Crippen LogP contribution in [0.5, 0.6) is 11.5 Å². The standard InChI is InChI=1S/C28H37NO5/c1-6-9-23(20-29(3)17-16-24(30)14-15-27(31)32)28(2,21-10-7-12-25(18-21)33-4)22-11-8-13-26(19-22)34-5/h7-8,10-15,18-19,23H,6,9,16-17,20H2,1-5H3,(H,31,32)/b15-14-. The number of carbonyl (C=O) groups is 2. The van der Waals surface area contributed by atoms with E-state index in [2.05, 4.69) is 43.0 Å². The smallest absolute Gasteiger partial charge is 0.328 e. The van der Waals surface area contributed by atoms with Crippen molar-refractivity contribution < 1.29 is 24.2 Å². The van der Waals surface area contributed by atoms with E-state index in [1.54, 1.807) is 14.2 Å². The highest BCUT2D eigenvalue weighted by Gasteiger charge is 2.38. The number of benzene rings is 2. The summed E-state index contributed by atoms with van der Waals surface area (Å²) in [4.78, 5) is 24.9. The van der Waals surface area contributed by atoms with Gasteiger partial charge in [0.25, 0.3) is 0 Å². The fourth-order valence-corrected chi connectivity index (χ4v) is 4.46. The number of aliphatic carboxylic acids is 1. The molecule has 2 aromatic carbocycles. The Hall–Kier alpha value is -3.12. The van der Waals surface area contributed by atoms with Gasteiger partial charge in [-0.15, -0.1) is 0 Å². The molecule has 0 bridgehead atoms. The molecule has 0 fully saturated rings. The molecule has 0 aliphatic carbocycles. The van der Waals surface area contributed by atoms with Gasteiger partial charge in [-0.1, -0.05) is 44.5 Å². The Balaban J connectivity index is 2.40. The van der Waals surface area contributed by atoms with Crippen molar-refractivity contribution in [2.45, 2.75) is 38.5 Å². The van der Waals surface area contributed by atoms with Gasteiger partial charge in [-0.3, -0.25) is 4.79 Å². The first kappa shape index (κ1) is 27.1. The van der Waals surface area contributed by atoms with Gasteiger partial charge in [-0.2, -0.15) is 0 Å². The summed E-state index contributed by atoms with van der Waals surface area (Å²) in [5.41, 5.74) is 1.99. The first-order chi connectivity index (χ1) is 16.2. The predicted octanol–water partition coefficient (Wildman–Crippen LogP) is 4.96. The number of ketones is 1. The van der Waals surface area contributed by atoms with Gasteiger partial charge in [0.15, 0.2) is 5.78 Å². The topological polar surface area (TPSA) is 76.1 Å². The first-order valence-corrected chi connectivity index (χ1v) is 11.7. The molecule has 0 heterocycles. The van der Waals surface area contributed by atoms with Crippen molar-refractivity contribution >= 4 is 11.8 Å². The van der Waals surface area contributed by atoms with Gasteiger partial charge in [0.2, 0.25) is 0 Å². The molecule has 0 saturated carbocycles. The molecule has 2 rings (SSSR count). The Morgan fingerprint density at radius 3 is 2.06 bits per heavy atom. The SMILES string of the molecule is CCCC(CN(C)CCC(=O)/C=C\C(=O)O)C(C)(c1cccc(OC)c1)c1cccc(OC)c1. The second-order valence-corrected chi connectivity index (χ2v) is 8.80.